The highest BCUT2D eigenvalue weighted by Gasteiger charge is 2.31. The summed E-state index contributed by atoms with van der Waals surface area (Å²) < 4.78 is 6.32. The Morgan fingerprint density at radius 1 is 1.50 bits per heavy atom. The quantitative estimate of drug-likeness (QED) is 0.846. The van der Waals surface area contributed by atoms with E-state index in [2.05, 4.69) is 21.2 Å². The number of carbonyl (C=O) groups is 2. The molecule has 0 bridgehead atoms. The molecule has 6 nitrogen and oxygen atoms in total. The van der Waals surface area contributed by atoms with Gasteiger partial charge in [0.2, 0.25) is 5.91 Å². The Kier molecular flexibility index (Phi) is 4.35. The average Bonchev–Trinajstić information content (AvgIpc) is 2.50. The van der Waals surface area contributed by atoms with E-state index in [9.17, 15) is 9.59 Å². The molecule has 1 fully saturated rings. The third kappa shape index (κ3) is 2.96. The van der Waals surface area contributed by atoms with Crippen molar-refractivity contribution in [2.75, 3.05) is 37.7 Å². The van der Waals surface area contributed by atoms with Crippen LogP contribution in [0.25, 0.3) is 0 Å². The standard InChI is InChI=1S/C15H18BrN3O3/c1-10-7-17-4-5-18(10)14(20)8-19-12-3-2-11(16)6-13(12)22-9-15(19)21/h2-3,6,10,17H,4-5,7-9H2,1H3/t10-/m0/s1. The topological polar surface area (TPSA) is 61.9 Å². The van der Waals surface area contributed by atoms with E-state index in [1.165, 1.54) is 4.90 Å². The monoisotopic (exact) mass is 367 g/mol. The summed E-state index contributed by atoms with van der Waals surface area (Å²) in [6, 6.07) is 5.59. The summed E-state index contributed by atoms with van der Waals surface area (Å²) in [7, 11) is 0. The van der Waals surface area contributed by atoms with Gasteiger partial charge in [-0.15, -0.1) is 0 Å². The number of carbonyl (C=O) groups excluding carboxylic acids is 2. The van der Waals surface area contributed by atoms with Gasteiger partial charge in [-0.25, -0.2) is 0 Å². The number of halogens is 1. The van der Waals surface area contributed by atoms with E-state index < -0.39 is 0 Å². The van der Waals surface area contributed by atoms with Crippen LogP contribution in [-0.4, -0.2) is 55.5 Å². The predicted molar refractivity (Wildman–Crippen MR) is 86.0 cm³/mol. The highest BCUT2D eigenvalue weighted by Crippen LogP contribution is 2.34. The average molecular weight is 368 g/mol. The Labute approximate surface area is 137 Å². The van der Waals surface area contributed by atoms with Crippen LogP contribution in [0.15, 0.2) is 22.7 Å². The Bertz CT molecular complexity index is 608. The molecule has 1 aromatic rings. The molecule has 0 aliphatic carbocycles. The second kappa shape index (κ2) is 6.26. The maximum Gasteiger partial charge on any atom is 0.265 e. The molecule has 2 heterocycles. The van der Waals surface area contributed by atoms with Gasteiger partial charge in [0.05, 0.1) is 5.69 Å². The van der Waals surface area contributed by atoms with Gasteiger partial charge in [0, 0.05) is 30.1 Å². The molecule has 0 aromatic heterocycles. The molecular formula is C15H18BrN3O3. The highest BCUT2D eigenvalue weighted by atomic mass is 79.9. The molecule has 2 aliphatic heterocycles. The third-order valence-electron chi connectivity index (χ3n) is 3.98. The van der Waals surface area contributed by atoms with Crippen molar-refractivity contribution in [1.82, 2.24) is 10.2 Å². The van der Waals surface area contributed by atoms with Crippen LogP contribution in [0.1, 0.15) is 6.92 Å². The summed E-state index contributed by atoms with van der Waals surface area (Å²) in [5, 5.41) is 3.25. The van der Waals surface area contributed by atoms with Gasteiger partial charge in [-0.2, -0.15) is 0 Å². The number of fused-ring (bicyclic) bond motifs is 1. The van der Waals surface area contributed by atoms with Crippen LogP contribution < -0.4 is 15.0 Å². The lowest BCUT2D eigenvalue weighted by atomic mass is 10.2. The number of nitrogens with one attached hydrogen (secondary N) is 1. The van der Waals surface area contributed by atoms with E-state index in [0.717, 1.165) is 17.6 Å². The fourth-order valence-electron chi connectivity index (χ4n) is 2.79. The first-order valence-electron chi connectivity index (χ1n) is 7.29. The summed E-state index contributed by atoms with van der Waals surface area (Å²) in [4.78, 5) is 28.0. The van der Waals surface area contributed by atoms with Crippen molar-refractivity contribution in [2.45, 2.75) is 13.0 Å². The SMILES string of the molecule is C[C@H]1CNCCN1C(=O)CN1C(=O)COc2cc(Br)ccc21. The number of hydrogen-bond donors (Lipinski definition) is 1. The van der Waals surface area contributed by atoms with E-state index in [-0.39, 0.29) is 31.0 Å². The summed E-state index contributed by atoms with van der Waals surface area (Å²) in [5.74, 6) is 0.402. The number of amides is 2. The molecule has 1 saturated heterocycles. The number of rotatable bonds is 2. The second-order valence-electron chi connectivity index (χ2n) is 5.52. The maximum atomic E-state index is 12.6. The van der Waals surface area contributed by atoms with Crippen LogP contribution in [0, 0.1) is 0 Å². The lowest BCUT2D eigenvalue weighted by Crippen LogP contribution is -2.55. The molecule has 0 saturated carbocycles. The van der Waals surface area contributed by atoms with Crippen LogP contribution in [0.2, 0.25) is 0 Å². The van der Waals surface area contributed by atoms with Gasteiger partial charge in [-0.05, 0) is 25.1 Å². The summed E-state index contributed by atoms with van der Waals surface area (Å²) >= 11 is 3.38. The van der Waals surface area contributed by atoms with Crippen LogP contribution in [0.3, 0.4) is 0 Å². The number of nitrogens with zero attached hydrogens (tertiary/aromatic N) is 2. The molecule has 7 heteroatoms. The van der Waals surface area contributed by atoms with E-state index in [4.69, 9.17) is 4.74 Å². The van der Waals surface area contributed by atoms with Crippen LogP contribution in [0.4, 0.5) is 5.69 Å². The summed E-state index contributed by atoms with van der Waals surface area (Å²) in [6.45, 7) is 4.28. The van der Waals surface area contributed by atoms with Crippen LogP contribution in [-0.2, 0) is 9.59 Å². The number of anilines is 1. The minimum absolute atomic E-state index is 0.0295. The normalized spacial score (nSPS) is 21.4. The zero-order valence-corrected chi connectivity index (χ0v) is 13.9. The fourth-order valence-corrected chi connectivity index (χ4v) is 3.13. The molecule has 2 aliphatic rings. The number of piperazine rings is 1. The first-order chi connectivity index (χ1) is 10.6. The van der Waals surface area contributed by atoms with Crippen LogP contribution >= 0.6 is 15.9 Å². The molecule has 22 heavy (non-hydrogen) atoms. The van der Waals surface area contributed by atoms with Gasteiger partial charge >= 0.3 is 0 Å². The van der Waals surface area contributed by atoms with E-state index in [1.54, 1.807) is 6.07 Å². The smallest absolute Gasteiger partial charge is 0.265 e. The van der Waals surface area contributed by atoms with Crippen molar-refractivity contribution >= 4 is 33.4 Å². The molecule has 3 rings (SSSR count). The molecule has 1 atom stereocenters. The lowest BCUT2D eigenvalue weighted by Gasteiger charge is -2.36. The molecule has 0 unspecified atom stereocenters. The first-order valence-corrected chi connectivity index (χ1v) is 8.08. The van der Waals surface area contributed by atoms with Gasteiger partial charge in [0.1, 0.15) is 12.3 Å². The summed E-state index contributed by atoms with van der Waals surface area (Å²) in [5.41, 5.74) is 0.649. The van der Waals surface area contributed by atoms with Crippen molar-refractivity contribution in [3.05, 3.63) is 22.7 Å². The first kappa shape index (κ1) is 15.3. The minimum atomic E-state index is -0.189. The van der Waals surface area contributed by atoms with Crippen LogP contribution in [0.5, 0.6) is 5.75 Å². The third-order valence-corrected chi connectivity index (χ3v) is 4.47. The van der Waals surface area contributed by atoms with Gasteiger partial charge in [0.15, 0.2) is 6.61 Å². The van der Waals surface area contributed by atoms with E-state index in [1.807, 2.05) is 24.0 Å². The number of hydrogen-bond acceptors (Lipinski definition) is 4. The van der Waals surface area contributed by atoms with Crippen molar-refractivity contribution in [2.24, 2.45) is 0 Å². The fraction of sp³-hybridized carbons (Fsp3) is 0.467. The number of ether oxygens (including phenoxy) is 1. The van der Waals surface area contributed by atoms with Gasteiger partial charge < -0.3 is 15.0 Å². The Hall–Kier alpha value is -1.60. The molecule has 0 radical (unpaired) electrons. The Morgan fingerprint density at radius 2 is 2.32 bits per heavy atom. The molecule has 2 amide bonds. The van der Waals surface area contributed by atoms with Crippen molar-refractivity contribution in [1.29, 1.82) is 0 Å². The maximum absolute atomic E-state index is 12.6. The van der Waals surface area contributed by atoms with E-state index >= 15 is 0 Å². The van der Waals surface area contributed by atoms with Gasteiger partial charge in [0.25, 0.3) is 5.91 Å². The molecular weight excluding hydrogens is 350 g/mol. The zero-order valence-electron chi connectivity index (χ0n) is 12.3. The second-order valence-corrected chi connectivity index (χ2v) is 6.44. The zero-order chi connectivity index (χ0) is 15.7. The molecule has 1 aromatic carbocycles. The molecule has 118 valence electrons. The van der Waals surface area contributed by atoms with E-state index in [0.29, 0.717) is 18.0 Å². The molecule has 0 spiro atoms. The lowest BCUT2D eigenvalue weighted by molar-refractivity contribution is -0.134. The summed E-state index contributed by atoms with van der Waals surface area (Å²) in [6.07, 6.45) is 0. The van der Waals surface area contributed by atoms with Gasteiger partial charge in [-0.3, -0.25) is 14.5 Å². The predicted octanol–water partition coefficient (Wildman–Crippen LogP) is 0.995. The minimum Gasteiger partial charge on any atom is -0.482 e. The highest BCUT2D eigenvalue weighted by molar-refractivity contribution is 9.10. The van der Waals surface area contributed by atoms with Crippen molar-refractivity contribution in [3.8, 4) is 5.75 Å². The van der Waals surface area contributed by atoms with Gasteiger partial charge in [-0.1, -0.05) is 15.9 Å². The van der Waals surface area contributed by atoms with Crippen molar-refractivity contribution in [3.63, 3.8) is 0 Å². The largest absolute Gasteiger partial charge is 0.482 e. The Balaban J connectivity index is 1.79. The van der Waals surface area contributed by atoms with Crippen molar-refractivity contribution < 1.29 is 14.3 Å². The number of benzene rings is 1. The Morgan fingerprint density at radius 3 is 3.09 bits per heavy atom. The molecule has 1 N–H and O–H groups in total.